The van der Waals surface area contributed by atoms with Gasteiger partial charge in [-0.1, -0.05) is 164 Å². The minimum Gasteiger partial charge on any atom is -0.455 e. The summed E-state index contributed by atoms with van der Waals surface area (Å²) in [6.07, 6.45) is 0. The van der Waals surface area contributed by atoms with Gasteiger partial charge in [-0.2, -0.15) is 0 Å². The fourth-order valence-corrected chi connectivity index (χ4v) is 10.1. The molecule has 0 bridgehead atoms. The van der Waals surface area contributed by atoms with E-state index in [1.165, 1.54) is 43.4 Å². The number of rotatable bonds is 7. The molecule has 0 atom stereocenters. The molecule has 0 N–H and O–H groups in total. The fraction of sp³-hybridized carbons (Fsp3) is 0. The molecule has 304 valence electrons. The third kappa shape index (κ3) is 6.12. The van der Waals surface area contributed by atoms with E-state index < -0.39 is 0 Å². The Balaban J connectivity index is 1.05. The quantitative estimate of drug-likeness (QED) is 0.160. The predicted octanol–water partition coefficient (Wildman–Crippen LogP) is 17.5. The van der Waals surface area contributed by atoms with E-state index in [4.69, 9.17) is 4.42 Å². The van der Waals surface area contributed by atoms with Crippen LogP contribution in [0.15, 0.2) is 247 Å². The average Bonchev–Trinajstić information content (AvgIpc) is 3.93. The normalized spacial score (nSPS) is 11.7. The van der Waals surface area contributed by atoms with Crippen LogP contribution < -0.4 is 4.90 Å². The van der Waals surface area contributed by atoms with Crippen molar-refractivity contribution in [1.29, 1.82) is 0 Å². The molecule has 13 aromatic rings. The van der Waals surface area contributed by atoms with Crippen molar-refractivity contribution < 1.29 is 4.42 Å². The van der Waals surface area contributed by atoms with Crippen LogP contribution in [0.4, 0.5) is 17.1 Å². The second kappa shape index (κ2) is 15.0. The van der Waals surface area contributed by atoms with E-state index in [1.807, 2.05) is 6.07 Å². The molecular weight excluding hydrogens is 789 g/mol. The SMILES string of the molecule is c1ccc(N(c2ccc3ccccc3c2)c2ccc(-c3cc(-c4ccc5c6ccccc6n(-c6ccccc6)c5c4)cc(-c4cccc5c4oc4ccccc45)c3)c3ccccc23)cc1. The van der Waals surface area contributed by atoms with Gasteiger partial charge in [0, 0.05) is 49.6 Å². The number of furan rings is 1. The standard InChI is InChI=1S/C62H40N2O/c1-3-18-47(19-4-1)63(49-32-30-41-16-7-8-17-42(41)39-49)59-35-34-50(52-22-9-10-23-53(52)59)45-36-44(37-46(38-45)51-26-15-27-57-56-25-12-14-29-61(56)65-62(51)57)43-31-33-55-54-24-11-13-28-58(54)64(60(55)40-43)48-20-5-2-6-21-48/h1-40H. The highest BCUT2D eigenvalue weighted by Gasteiger charge is 2.21. The van der Waals surface area contributed by atoms with Crippen molar-refractivity contribution >= 4 is 82.4 Å². The van der Waals surface area contributed by atoms with E-state index >= 15 is 0 Å². The van der Waals surface area contributed by atoms with Crippen molar-refractivity contribution in [2.24, 2.45) is 0 Å². The van der Waals surface area contributed by atoms with Crippen molar-refractivity contribution in [3.05, 3.63) is 243 Å². The highest BCUT2D eigenvalue weighted by molar-refractivity contribution is 6.13. The summed E-state index contributed by atoms with van der Waals surface area (Å²) in [6, 6.07) is 87.8. The van der Waals surface area contributed by atoms with Gasteiger partial charge >= 0.3 is 0 Å². The minimum absolute atomic E-state index is 0.890. The highest BCUT2D eigenvalue weighted by atomic mass is 16.3. The Bertz CT molecular complexity index is 3950. The lowest BCUT2D eigenvalue weighted by molar-refractivity contribution is 0.670. The lowest BCUT2D eigenvalue weighted by Gasteiger charge is -2.28. The molecule has 11 aromatic carbocycles. The largest absolute Gasteiger partial charge is 0.455 e. The van der Waals surface area contributed by atoms with Crippen LogP contribution in [0.1, 0.15) is 0 Å². The number of anilines is 3. The summed E-state index contributed by atoms with van der Waals surface area (Å²) < 4.78 is 9.10. The number of fused-ring (bicyclic) bond motifs is 8. The number of hydrogen-bond donors (Lipinski definition) is 0. The smallest absolute Gasteiger partial charge is 0.143 e. The van der Waals surface area contributed by atoms with Gasteiger partial charge in [-0.3, -0.25) is 0 Å². The maximum absolute atomic E-state index is 6.70. The predicted molar refractivity (Wildman–Crippen MR) is 274 cm³/mol. The van der Waals surface area contributed by atoms with Gasteiger partial charge in [0.15, 0.2) is 0 Å². The molecule has 13 rings (SSSR count). The lowest BCUT2D eigenvalue weighted by Crippen LogP contribution is -2.10. The van der Waals surface area contributed by atoms with Crippen LogP contribution in [0.2, 0.25) is 0 Å². The Morgan fingerprint density at radius 2 is 0.969 bits per heavy atom. The van der Waals surface area contributed by atoms with Crippen molar-refractivity contribution in [2.45, 2.75) is 0 Å². The Kier molecular flexibility index (Phi) is 8.53. The molecule has 0 unspecified atom stereocenters. The monoisotopic (exact) mass is 828 g/mol. The van der Waals surface area contributed by atoms with Crippen LogP contribution in [0.25, 0.3) is 104 Å². The first-order chi connectivity index (χ1) is 32.2. The van der Waals surface area contributed by atoms with Crippen molar-refractivity contribution in [2.75, 3.05) is 4.90 Å². The molecule has 0 radical (unpaired) electrons. The summed E-state index contributed by atoms with van der Waals surface area (Å²) in [5.74, 6) is 0. The summed E-state index contributed by atoms with van der Waals surface area (Å²) in [5.41, 5.74) is 15.4. The molecular formula is C62H40N2O. The van der Waals surface area contributed by atoms with E-state index in [0.717, 1.165) is 78.1 Å². The van der Waals surface area contributed by atoms with Gasteiger partial charge < -0.3 is 13.9 Å². The van der Waals surface area contributed by atoms with E-state index in [0.29, 0.717) is 0 Å². The fourth-order valence-electron chi connectivity index (χ4n) is 10.1. The van der Waals surface area contributed by atoms with Crippen LogP contribution in [0, 0.1) is 0 Å². The van der Waals surface area contributed by atoms with Crippen LogP contribution >= 0.6 is 0 Å². The summed E-state index contributed by atoms with van der Waals surface area (Å²) in [4.78, 5) is 2.39. The first-order valence-corrected chi connectivity index (χ1v) is 22.2. The molecule has 65 heavy (non-hydrogen) atoms. The number of nitrogens with zero attached hydrogens (tertiary/aromatic N) is 2. The third-order valence-electron chi connectivity index (χ3n) is 13.1. The molecule has 2 heterocycles. The minimum atomic E-state index is 0.890. The first-order valence-electron chi connectivity index (χ1n) is 22.2. The first kappa shape index (κ1) is 36.9. The summed E-state index contributed by atoms with van der Waals surface area (Å²) in [6.45, 7) is 0. The lowest BCUT2D eigenvalue weighted by atomic mass is 9.90. The molecule has 0 fully saturated rings. The third-order valence-corrected chi connectivity index (χ3v) is 13.1. The van der Waals surface area contributed by atoms with Gasteiger partial charge in [0.05, 0.1) is 16.7 Å². The van der Waals surface area contributed by atoms with Gasteiger partial charge in [0.1, 0.15) is 11.2 Å². The van der Waals surface area contributed by atoms with Gasteiger partial charge in [-0.15, -0.1) is 0 Å². The zero-order chi connectivity index (χ0) is 42.8. The van der Waals surface area contributed by atoms with Gasteiger partial charge in [0.25, 0.3) is 0 Å². The second-order valence-electron chi connectivity index (χ2n) is 16.9. The second-order valence-corrected chi connectivity index (χ2v) is 16.9. The Morgan fingerprint density at radius 1 is 0.323 bits per heavy atom. The zero-order valence-corrected chi connectivity index (χ0v) is 35.4. The number of para-hydroxylation sites is 5. The molecule has 0 saturated carbocycles. The molecule has 0 aliphatic carbocycles. The summed E-state index contributed by atoms with van der Waals surface area (Å²) in [5, 5.41) is 9.48. The van der Waals surface area contributed by atoms with Crippen LogP contribution in [-0.2, 0) is 0 Å². The molecule has 0 amide bonds. The molecule has 2 aromatic heterocycles. The zero-order valence-electron chi connectivity index (χ0n) is 35.4. The number of benzene rings is 11. The molecule has 3 nitrogen and oxygen atoms in total. The Hall–Kier alpha value is -8.66. The van der Waals surface area contributed by atoms with Gasteiger partial charge in [-0.05, 0) is 123 Å². The summed E-state index contributed by atoms with van der Waals surface area (Å²) >= 11 is 0. The van der Waals surface area contributed by atoms with Crippen LogP contribution in [0.3, 0.4) is 0 Å². The van der Waals surface area contributed by atoms with E-state index in [2.05, 4.69) is 246 Å². The highest BCUT2D eigenvalue weighted by Crippen LogP contribution is 2.45. The maximum Gasteiger partial charge on any atom is 0.143 e. The van der Waals surface area contributed by atoms with E-state index in [9.17, 15) is 0 Å². The van der Waals surface area contributed by atoms with Crippen molar-refractivity contribution in [3.63, 3.8) is 0 Å². The van der Waals surface area contributed by atoms with E-state index in [1.54, 1.807) is 0 Å². The van der Waals surface area contributed by atoms with Gasteiger partial charge in [-0.25, -0.2) is 0 Å². The van der Waals surface area contributed by atoms with E-state index in [-0.39, 0.29) is 0 Å². The molecule has 0 spiro atoms. The Labute approximate surface area is 376 Å². The van der Waals surface area contributed by atoms with Crippen molar-refractivity contribution in [1.82, 2.24) is 4.57 Å². The van der Waals surface area contributed by atoms with Crippen LogP contribution in [0.5, 0.6) is 0 Å². The maximum atomic E-state index is 6.70. The van der Waals surface area contributed by atoms with Crippen LogP contribution in [-0.4, -0.2) is 4.57 Å². The topological polar surface area (TPSA) is 21.3 Å². The summed E-state index contributed by atoms with van der Waals surface area (Å²) in [7, 11) is 0. The van der Waals surface area contributed by atoms with Crippen molar-refractivity contribution in [3.8, 4) is 39.1 Å². The molecule has 3 heteroatoms. The molecule has 0 aliphatic heterocycles. The Morgan fingerprint density at radius 3 is 1.82 bits per heavy atom. The number of hydrogen-bond acceptors (Lipinski definition) is 2. The average molecular weight is 829 g/mol. The van der Waals surface area contributed by atoms with Gasteiger partial charge in [0.2, 0.25) is 0 Å². The number of aromatic nitrogens is 1. The molecule has 0 saturated heterocycles. The molecule has 0 aliphatic rings.